The predicted molar refractivity (Wildman–Crippen MR) is 56.1 cm³/mol. The second-order valence-corrected chi connectivity index (χ2v) is 3.83. The molecule has 3 N–H and O–H groups in total. The van der Waals surface area contributed by atoms with Gasteiger partial charge in [0.15, 0.2) is 0 Å². The van der Waals surface area contributed by atoms with E-state index in [9.17, 15) is 4.79 Å². The Morgan fingerprint density at radius 2 is 2.36 bits per heavy atom. The molecular formula is C9H11BrN2O2. The van der Waals surface area contributed by atoms with Gasteiger partial charge in [0.25, 0.3) is 0 Å². The molecule has 1 aromatic rings. The van der Waals surface area contributed by atoms with E-state index >= 15 is 0 Å². The van der Waals surface area contributed by atoms with Crippen molar-refractivity contribution in [1.82, 2.24) is 4.98 Å². The first-order valence-corrected chi connectivity index (χ1v) is 4.90. The molecular weight excluding hydrogens is 248 g/mol. The zero-order valence-electron chi connectivity index (χ0n) is 7.70. The minimum atomic E-state index is -0.914. The van der Waals surface area contributed by atoms with Crippen molar-refractivity contribution in [2.24, 2.45) is 5.73 Å². The molecule has 0 bridgehead atoms. The number of carbonyl (C=O) groups is 1. The van der Waals surface area contributed by atoms with Crippen molar-refractivity contribution in [3.63, 3.8) is 0 Å². The summed E-state index contributed by atoms with van der Waals surface area (Å²) in [5, 5.41) is 8.95. The normalized spacial score (nSPS) is 12.5. The average Bonchev–Trinajstić information content (AvgIpc) is 2.10. The lowest BCUT2D eigenvalue weighted by atomic mass is 9.97. The molecule has 0 aliphatic heterocycles. The Hall–Kier alpha value is -0.940. The van der Waals surface area contributed by atoms with Crippen molar-refractivity contribution in [3.8, 4) is 0 Å². The molecule has 76 valence electrons. The van der Waals surface area contributed by atoms with Crippen LogP contribution in [0, 0.1) is 6.92 Å². The maximum atomic E-state index is 10.9. The second-order valence-electron chi connectivity index (χ2n) is 2.98. The predicted octanol–water partition coefficient (Wildman–Crippen LogP) is 1.28. The smallest absolute Gasteiger partial charge is 0.312 e. The van der Waals surface area contributed by atoms with Crippen LogP contribution in [0.3, 0.4) is 0 Å². The van der Waals surface area contributed by atoms with Gasteiger partial charge in [-0.15, -0.1) is 0 Å². The molecule has 1 atom stereocenters. The highest BCUT2D eigenvalue weighted by Gasteiger charge is 2.22. The van der Waals surface area contributed by atoms with Gasteiger partial charge in [-0.3, -0.25) is 9.78 Å². The first-order valence-electron chi connectivity index (χ1n) is 4.10. The van der Waals surface area contributed by atoms with Crippen LogP contribution in [0.1, 0.15) is 17.0 Å². The fourth-order valence-electron chi connectivity index (χ4n) is 1.33. The first kappa shape index (κ1) is 11.1. The SMILES string of the molecule is Cc1cncc(Br)c1C(CN)C(=O)O. The van der Waals surface area contributed by atoms with Gasteiger partial charge in [-0.25, -0.2) is 0 Å². The number of aryl methyl sites for hydroxylation is 1. The monoisotopic (exact) mass is 258 g/mol. The Morgan fingerprint density at radius 1 is 1.71 bits per heavy atom. The topological polar surface area (TPSA) is 76.2 Å². The van der Waals surface area contributed by atoms with Gasteiger partial charge < -0.3 is 10.8 Å². The number of aliphatic carboxylic acids is 1. The minimum absolute atomic E-state index is 0.0821. The van der Waals surface area contributed by atoms with E-state index in [0.29, 0.717) is 10.0 Å². The number of halogens is 1. The molecule has 0 aliphatic carbocycles. The summed E-state index contributed by atoms with van der Waals surface area (Å²) in [5.74, 6) is -1.59. The van der Waals surface area contributed by atoms with Crippen molar-refractivity contribution >= 4 is 21.9 Å². The van der Waals surface area contributed by atoms with Gasteiger partial charge in [-0.2, -0.15) is 0 Å². The molecule has 0 saturated heterocycles. The number of hydrogen-bond acceptors (Lipinski definition) is 3. The van der Waals surface area contributed by atoms with Crippen LogP contribution in [0.4, 0.5) is 0 Å². The van der Waals surface area contributed by atoms with Crippen LogP contribution in [0.15, 0.2) is 16.9 Å². The molecule has 0 aliphatic rings. The summed E-state index contributed by atoms with van der Waals surface area (Å²) in [6.45, 7) is 1.90. The van der Waals surface area contributed by atoms with Crippen LogP contribution in [0.5, 0.6) is 0 Å². The molecule has 0 amide bonds. The highest BCUT2D eigenvalue weighted by atomic mass is 79.9. The molecule has 0 saturated carbocycles. The van der Waals surface area contributed by atoms with Gasteiger partial charge in [0, 0.05) is 23.4 Å². The van der Waals surface area contributed by atoms with Gasteiger partial charge in [-0.05, 0) is 34.0 Å². The van der Waals surface area contributed by atoms with E-state index in [1.54, 1.807) is 12.4 Å². The Labute approximate surface area is 90.3 Å². The summed E-state index contributed by atoms with van der Waals surface area (Å²) in [4.78, 5) is 14.9. The van der Waals surface area contributed by atoms with Crippen molar-refractivity contribution in [3.05, 3.63) is 28.0 Å². The molecule has 1 unspecified atom stereocenters. The number of nitrogens with two attached hydrogens (primary N) is 1. The van der Waals surface area contributed by atoms with Gasteiger partial charge in [-0.1, -0.05) is 0 Å². The van der Waals surface area contributed by atoms with Crippen molar-refractivity contribution < 1.29 is 9.90 Å². The number of rotatable bonds is 3. The Morgan fingerprint density at radius 3 is 2.79 bits per heavy atom. The molecule has 0 fully saturated rings. The molecule has 1 rings (SSSR count). The van der Waals surface area contributed by atoms with Crippen molar-refractivity contribution in [2.45, 2.75) is 12.8 Å². The highest BCUT2D eigenvalue weighted by molar-refractivity contribution is 9.10. The number of aromatic nitrogens is 1. The summed E-state index contributed by atoms with van der Waals surface area (Å²) >= 11 is 3.28. The van der Waals surface area contributed by atoms with Crippen LogP contribution in [0.2, 0.25) is 0 Å². The van der Waals surface area contributed by atoms with E-state index in [4.69, 9.17) is 10.8 Å². The second kappa shape index (κ2) is 4.52. The van der Waals surface area contributed by atoms with Crippen molar-refractivity contribution in [2.75, 3.05) is 6.54 Å². The molecule has 1 aromatic heterocycles. The largest absolute Gasteiger partial charge is 0.481 e. The van der Waals surface area contributed by atoms with Gasteiger partial charge >= 0.3 is 5.97 Å². The fraction of sp³-hybridized carbons (Fsp3) is 0.333. The zero-order chi connectivity index (χ0) is 10.7. The van der Waals surface area contributed by atoms with Crippen LogP contribution in [-0.2, 0) is 4.79 Å². The summed E-state index contributed by atoms with van der Waals surface area (Å²) in [7, 11) is 0. The number of nitrogens with zero attached hydrogens (tertiary/aromatic N) is 1. The first-order chi connectivity index (χ1) is 6.57. The molecule has 1 heterocycles. The maximum absolute atomic E-state index is 10.9. The lowest BCUT2D eigenvalue weighted by Crippen LogP contribution is -2.22. The summed E-state index contributed by atoms with van der Waals surface area (Å²) in [5.41, 5.74) is 6.96. The van der Waals surface area contributed by atoms with E-state index in [1.807, 2.05) is 6.92 Å². The lowest BCUT2D eigenvalue weighted by molar-refractivity contribution is -0.138. The van der Waals surface area contributed by atoms with Gasteiger partial charge in [0.1, 0.15) is 0 Å². The Kier molecular flexibility index (Phi) is 3.60. The van der Waals surface area contributed by atoms with E-state index in [0.717, 1.165) is 5.56 Å². The van der Waals surface area contributed by atoms with Crippen molar-refractivity contribution in [1.29, 1.82) is 0 Å². The Balaban J connectivity index is 3.22. The van der Waals surface area contributed by atoms with E-state index in [1.165, 1.54) is 0 Å². The summed E-state index contributed by atoms with van der Waals surface area (Å²) in [6, 6.07) is 0. The number of carboxylic acids is 1. The molecule has 0 aromatic carbocycles. The number of carboxylic acid groups (broad SMARTS) is 1. The van der Waals surface area contributed by atoms with E-state index < -0.39 is 11.9 Å². The van der Waals surface area contributed by atoms with Crippen LogP contribution in [-0.4, -0.2) is 22.6 Å². The fourth-order valence-corrected chi connectivity index (χ4v) is 2.03. The quantitative estimate of drug-likeness (QED) is 0.857. The van der Waals surface area contributed by atoms with Crippen LogP contribution < -0.4 is 5.73 Å². The third kappa shape index (κ3) is 2.10. The molecule has 0 spiro atoms. The molecule has 5 heteroatoms. The molecule has 0 radical (unpaired) electrons. The van der Waals surface area contributed by atoms with Gasteiger partial charge in [0.05, 0.1) is 5.92 Å². The van der Waals surface area contributed by atoms with Crippen LogP contribution in [0.25, 0.3) is 0 Å². The summed E-state index contributed by atoms with van der Waals surface area (Å²) in [6.07, 6.45) is 3.21. The lowest BCUT2D eigenvalue weighted by Gasteiger charge is -2.14. The van der Waals surface area contributed by atoms with Gasteiger partial charge in [0.2, 0.25) is 0 Å². The number of pyridine rings is 1. The summed E-state index contributed by atoms with van der Waals surface area (Å²) < 4.78 is 0.690. The third-order valence-electron chi connectivity index (χ3n) is 2.02. The maximum Gasteiger partial charge on any atom is 0.312 e. The van der Waals surface area contributed by atoms with E-state index in [-0.39, 0.29) is 6.54 Å². The highest BCUT2D eigenvalue weighted by Crippen LogP contribution is 2.26. The zero-order valence-corrected chi connectivity index (χ0v) is 9.28. The standard InChI is InChI=1S/C9H11BrN2O2/c1-5-3-12-4-7(10)8(5)6(2-11)9(13)14/h3-4,6H,2,11H2,1H3,(H,13,14). The number of hydrogen-bond donors (Lipinski definition) is 2. The molecule has 14 heavy (non-hydrogen) atoms. The average molecular weight is 259 g/mol. The van der Waals surface area contributed by atoms with Crippen LogP contribution >= 0.6 is 15.9 Å². The van der Waals surface area contributed by atoms with E-state index in [2.05, 4.69) is 20.9 Å². The third-order valence-corrected chi connectivity index (χ3v) is 2.65. The Bertz CT molecular complexity index is 334. The minimum Gasteiger partial charge on any atom is -0.481 e. The molecule has 4 nitrogen and oxygen atoms in total.